The molecule has 1 N–H and O–H groups in total. The normalized spacial score (nSPS) is 17.3. The number of sulfonamides is 1. The van der Waals surface area contributed by atoms with Crippen LogP contribution >= 0.6 is 0 Å². The lowest BCUT2D eigenvalue weighted by molar-refractivity contribution is -0.139. The predicted octanol–water partition coefficient (Wildman–Crippen LogP) is 3.57. The van der Waals surface area contributed by atoms with Gasteiger partial charge in [0.1, 0.15) is 11.2 Å². The van der Waals surface area contributed by atoms with Crippen LogP contribution in [0.15, 0.2) is 81.1 Å². The molecule has 3 aromatic carbocycles. The summed E-state index contributed by atoms with van der Waals surface area (Å²) < 4.78 is 31.7. The molecular weight excluding hydrogens is 520 g/mol. The number of benzene rings is 3. The number of hydrogen-bond acceptors (Lipinski definition) is 8. The highest BCUT2D eigenvalue weighted by Gasteiger charge is 2.50. The van der Waals surface area contributed by atoms with Crippen LogP contribution in [-0.4, -0.2) is 36.7 Å². The fraction of sp³-hybridized carbons (Fsp3) is 0.179. The first-order chi connectivity index (χ1) is 18.6. The van der Waals surface area contributed by atoms with Gasteiger partial charge in [0.15, 0.2) is 11.5 Å². The third-order valence-corrected chi connectivity index (χ3v) is 7.70. The van der Waals surface area contributed by atoms with Crippen LogP contribution in [0.3, 0.4) is 0 Å². The number of aromatic nitrogens is 1. The first-order valence-corrected chi connectivity index (χ1v) is 13.6. The van der Waals surface area contributed by atoms with E-state index in [1.807, 2.05) is 13.8 Å². The Balaban J connectivity index is 1.66. The summed E-state index contributed by atoms with van der Waals surface area (Å²) in [5.41, 5.74) is 2.54. The summed E-state index contributed by atoms with van der Waals surface area (Å²) in [4.78, 5) is 48.0. The molecule has 39 heavy (non-hydrogen) atoms. The molecule has 4 aromatic rings. The van der Waals surface area contributed by atoms with Crippen LogP contribution in [0.2, 0.25) is 0 Å². The first kappa shape index (κ1) is 26.0. The number of ketones is 1. The number of aryl methyl sites for hydroxylation is 3. The minimum absolute atomic E-state index is 0.0921. The van der Waals surface area contributed by atoms with Gasteiger partial charge in [-0.05, 0) is 55.7 Å². The zero-order valence-electron chi connectivity index (χ0n) is 21.3. The topological polar surface area (TPSA) is 139 Å². The molecule has 0 spiro atoms. The summed E-state index contributed by atoms with van der Waals surface area (Å²) in [5, 5.41) is 3.92. The maximum Gasteiger partial charge on any atom is 0.302 e. The number of fused-ring (bicyclic) bond motifs is 1. The average molecular weight is 545 g/mol. The smallest absolute Gasteiger partial charge is 0.302 e. The Morgan fingerprint density at radius 1 is 0.949 bits per heavy atom. The molecule has 0 bridgehead atoms. The largest absolute Gasteiger partial charge is 0.439 e. The highest BCUT2D eigenvalue weighted by Crippen LogP contribution is 2.33. The molecule has 0 saturated carbocycles. The van der Waals surface area contributed by atoms with Gasteiger partial charge in [-0.1, -0.05) is 55.0 Å². The number of nitrogens with one attached hydrogen (secondary N) is 1. The summed E-state index contributed by atoms with van der Waals surface area (Å²) in [6.07, 6.45) is 0.476. The van der Waals surface area contributed by atoms with Gasteiger partial charge < -0.3 is 4.42 Å². The summed E-state index contributed by atoms with van der Waals surface area (Å²) in [6.45, 7) is 5.37. The van der Waals surface area contributed by atoms with Gasteiger partial charge >= 0.3 is 5.91 Å². The number of carbonyl (C=O) groups is 3. The Hall–Kier alpha value is -4.64. The lowest BCUT2D eigenvalue weighted by Crippen LogP contribution is -2.55. The van der Waals surface area contributed by atoms with Crippen molar-refractivity contribution in [3.05, 3.63) is 89.3 Å². The van der Waals surface area contributed by atoms with Gasteiger partial charge in [0.25, 0.3) is 15.9 Å². The molecule has 1 fully saturated rings. The molecule has 2 heterocycles. The van der Waals surface area contributed by atoms with Crippen LogP contribution in [0.5, 0.6) is 0 Å². The number of rotatable bonds is 6. The third kappa shape index (κ3) is 4.61. The molecule has 11 heteroatoms. The minimum Gasteiger partial charge on any atom is -0.439 e. The van der Waals surface area contributed by atoms with Crippen molar-refractivity contribution in [1.29, 1.82) is 0 Å². The standard InChI is InChI=1S/C28H24N4O6S/c1-4-18-9-7-8-17(3)24(18)32-27(34)23(30-31-39(36,37)19-14-12-16(2)13-15-19)22(25(33)28(32)35)26-29-20-10-5-6-11-21(20)38-26/h5-15,22,31H,4H2,1-3H3/b30-23+/t22-/m0/s1. The molecule has 198 valence electrons. The summed E-state index contributed by atoms with van der Waals surface area (Å²) in [5.74, 6) is -4.96. The van der Waals surface area contributed by atoms with E-state index in [0.29, 0.717) is 28.6 Å². The van der Waals surface area contributed by atoms with Gasteiger partial charge in [0.05, 0.1) is 10.6 Å². The molecule has 10 nitrogen and oxygen atoms in total. The molecule has 0 unspecified atom stereocenters. The molecule has 1 aliphatic rings. The monoisotopic (exact) mass is 544 g/mol. The highest BCUT2D eigenvalue weighted by molar-refractivity contribution is 7.89. The Labute approximate surface area is 224 Å². The molecule has 1 aliphatic heterocycles. The molecule has 0 radical (unpaired) electrons. The molecule has 2 amide bonds. The Morgan fingerprint density at radius 3 is 2.36 bits per heavy atom. The number of nitrogens with zero attached hydrogens (tertiary/aromatic N) is 3. The van der Waals surface area contributed by atoms with Crippen LogP contribution in [0.25, 0.3) is 11.1 Å². The number of imide groups is 1. The number of hydrazone groups is 1. The van der Waals surface area contributed by atoms with Crippen molar-refractivity contribution in [3.8, 4) is 0 Å². The number of piperidine rings is 1. The van der Waals surface area contributed by atoms with Crippen molar-refractivity contribution < 1.29 is 27.2 Å². The van der Waals surface area contributed by atoms with Crippen LogP contribution in [-0.2, 0) is 30.8 Å². The lowest BCUT2D eigenvalue weighted by atomic mass is 9.90. The summed E-state index contributed by atoms with van der Waals surface area (Å²) >= 11 is 0. The summed E-state index contributed by atoms with van der Waals surface area (Å²) in [7, 11) is -4.22. The Kier molecular flexibility index (Phi) is 6.61. The quantitative estimate of drug-likeness (QED) is 0.222. The van der Waals surface area contributed by atoms with Crippen molar-refractivity contribution in [1.82, 2.24) is 9.82 Å². The van der Waals surface area contributed by atoms with Crippen LogP contribution in [0, 0.1) is 13.8 Å². The van der Waals surface area contributed by atoms with Gasteiger partial charge in [-0.25, -0.2) is 9.88 Å². The van der Waals surface area contributed by atoms with Gasteiger partial charge in [-0.2, -0.15) is 18.4 Å². The molecule has 1 saturated heterocycles. The van der Waals surface area contributed by atoms with E-state index in [9.17, 15) is 22.8 Å². The van der Waals surface area contributed by atoms with E-state index in [-0.39, 0.29) is 16.5 Å². The first-order valence-electron chi connectivity index (χ1n) is 12.1. The van der Waals surface area contributed by atoms with Crippen molar-refractivity contribution in [2.24, 2.45) is 5.10 Å². The molecule has 1 atom stereocenters. The van der Waals surface area contributed by atoms with E-state index in [1.165, 1.54) is 12.1 Å². The van der Waals surface area contributed by atoms with E-state index in [1.54, 1.807) is 61.5 Å². The zero-order chi connectivity index (χ0) is 27.9. The molecule has 0 aliphatic carbocycles. The number of oxazole rings is 1. The highest BCUT2D eigenvalue weighted by atomic mass is 32.2. The van der Waals surface area contributed by atoms with E-state index < -0.39 is 39.3 Å². The van der Waals surface area contributed by atoms with Gasteiger partial charge in [-0.3, -0.25) is 14.4 Å². The third-order valence-electron chi connectivity index (χ3n) is 6.47. The van der Waals surface area contributed by atoms with Crippen LogP contribution < -0.4 is 9.73 Å². The van der Waals surface area contributed by atoms with Gasteiger partial charge in [-0.15, -0.1) is 0 Å². The number of para-hydroxylation sites is 3. The maximum atomic E-state index is 13.9. The van der Waals surface area contributed by atoms with Crippen molar-refractivity contribution in [2.45, 2.75) is 38.0 Å². The van der Waals surface area contributed by atoms with Crippen LogP contribution in [0.4, 0.5) is 5.69 Å². The Bertz CT molecular complexity index is 1740. The van der Waals surface area contributed by atoms with Crippen molar-refractivity contribution in [3.63, 3.8) is 0 Å². The average Bonchev–Trinajstić information content (AvgIpc) is 3.34. The number of anilines is 1. The fourth-order valence-corrected chi connectivity index (χ4v) is 5.27. The van der Waals surface area contributed by atoms with E-state index in [4.69, 9.17) is 4.42 Å². The SMILES string of the molecule is CCc1cccc(C)c1N1C(=O)C(=O)[C@@H](c2nc3ccccc3o2)/C(=N\NS(=O)(=O)c2ccc(C)cc2)C1=O. The number of amides is 2. The number of hydrogen-bond donors (Lipinski definition) is 1. The van der Waals surface area contributed by atoms with Gasteiger partial charge in [0.2, 0.25) is 11.7 Å². The number of carbonyl (C=O) groups excluding carboxylic acids is 3. The van der Waals surface area contributed by atoms with E-state index >= 15 is 0 Å². The maximum absolute atomic E-state index is 13.9. The molecular formula is C28H24N4O6S. The minimum atomic E-state index is -4.22. The zero-order valence-corrected chi connectivity index (χ0v) is 22.2. The second kappa shape index (κ2) is 9.91. The van der Waals surface area contributed by atoms with Crippen molar-refractivity contribution >= 4 is 50.1 Å². The second-order valence-corrected chi connectivity index (χ2v) is 10.8. The van der Waals surface area contributed by atoms with Crippen LogP contribution in [0.1, 0.15) is 35.4 Å². The molecule has 1 aromatic heterocycles. The van der Waals surface area contributed by atoms with Gasteiger partial charge in [0, 0.05) is 0 Å². The summed E-state index contributed by atoms with van der Waals surface area (Å²) in [6, 6.07) is 17.9. The lowest BCUT2D eigenvalue weighted by Gasteiger charge is -2.30. The van der Waals surface area contributed by atoms with E-state index in [0.717, 1.165) is 10.5 Å². The second-order valence-electron chi connectivity index (χ2n) is 9.10. The van der Waals surface area contributed by atoms with Crippen molar-refractivity contribution in [2.75, 3.05) is 4.90 Å². The predicted molar refractivity (Wildman–Crippen MR) is 144 cm³/mol. The Morgan fingerprint density at radius 2 is 1.67 bits per heavy atom. The molecule has 5 rings (SSSR count). The number of Topliss-reactive ketones (excluding diaryl/α,β-unsaturated/α-hetero) is 1. The fourth-order valence-electron chi connectivity index (χ4n) is 4.45. The van der Waals surface area contributed by atoms with E-state index in [2.05, 4.69) is 14.9 Å².